The van der Waals surface area contributed by atoms with Gasteiger partial charge in [0.2, 0.25) is 0 Å². The van der Waals surface area contributed by atoms with Gasteiger partial charge in [0.15, 0.2) is 5.69 Å². The van der Waals surface area contributed by atoms with E-state index in [1.54, 1.807) is 35.1 Å². The van der Waals surface area contributed by atoms with Crippen molar-refractivity contribution in [3.05, 3.63) is 102 Å². The summed E-state index contributed by atoms with van der Waals surface area (Å²) in [5.41, 5.74) is 4.36. The van der Waals surface area contributed by atoms with Gasteiger partial charge in [0.05, 0.1) is 24.5 Å². The molecule has 0 saturated carbocycles. The van der Waals surface area contributed by atoms with E-state index in [9.17, 15) is 4.39 Å². The van der Waals surface area contributed by atoms with Gasteiger partial charge in [-0.15, -0.1) is 0 Å². The number of pyridine rings is 1. The van der Waals surface area contributed by atoms with E-state index in [1.165, 1.54) is 6.07 Å². The molecule has 0 N–H and O–H groups in total. The lowest BCUT2D eigenvalue weighted by atomic mass is 10.1. The van der Waals surface area contributed by atoms with Crippen molar-refractivity contribution < 1.29 is 4.39 Å². The van der Waals surface area contributed by atoms with E-state index in [0.717, 1.165) is 22.6 Å². The second-order valence-corrected chi connectivity index (χ2v) is 6.04. The van der Waals surface area contributed by atoms with Gasteiger partial charge in [0.1, 0.15) is 11.5 Å². The van der Waals surface area contributed by atoms with Crippen molar-refractivity contribution in [2.75, 3.05) is 0 Å². The van der Waals surface area contributed by atoms with Gasteiger partial charge in [-0.25, -0.2) is 9.24 Å². The van der Waals surface area contributed by atoms with Crippen LogP contribution < -0.4 is 0 Å². The van der Waals surface area contributed by atoms with Gasteiger partial charge in [-0.2, -0.15) is 5.10 Å². The van der Waals surface area contributed by atoms with Crippen molar-refractivity contribution in [2.24, 2.45) is 0 Å². The summed E-state index contributed by atoms with van der Waals surface area (Å²) >= 11 is 0. The highest BCUT2D eigenvalue weighted by Crippen LogP contribution is 2.28. The number of aromatic nitrogens is 3. The molecule has 4 nitrogen and oxygen atoms in total. The Hall–Kier alpha value is -3.78. The predicted octanol–water partition coefficient (Wildman–Crippen LogP) is 5.35. The summed E-state index contributed by atoms with van der Waals surface area (Å²) < 4.78 is 15.9. The summed E-state index contributed by atoms with van der Waals surface area (Å²) in [5.74, 6) is -0.262. The largest absolute Gasteiger partial charge is 0.260 e. The minimum absolute atomic E-state index is 0.262. The van der Waals surface area contributed by atoms with Crippen LogP contribution in [0.4, 0.5) is 10.1 Å². The Balaban J connectivity index is 1.81. The SMILES string of the molecule is [C-]#[N+]c1ccc(-c2cc(-c3ccccn3)nn2Cc2ccccc2F)cc1. The molecule has 2 aromatic heterocycles. The van der Waals surface area contributed by atoms with Crippen molar-refractivity contribution in [1.29, 1.82) is 0 Å². The first-order valence-corrected chi connectivity index (χ1v) is 8.45. The van der Waals surface area contributed by atoms with Crippen LogP contribution in [-0.4, -0.2) is 14.8 Å². The van der Waals surface area contributed by atoms with Crippen LogP contribution in [0.2, 0.25) is 0 Å². The van der Waals surface area contributed by atoms with Crippen molar-refractivity contribution in [3.63, 3.8) is 0 Å². The fourth-order valence-electron chi connectivity index (χ4n) is 2.90. The van der Waals surface area contributed by atoms with Crippen LogP contribution in [0.15, 0.2) is 79.0 Å². The molecule has 0 aliphatic heterocycles. The third-order valence-electron chi connectivity index (χ3n) is 4.28. The molecular weight excluding hydrogens is 339 g/mol. The summed E-state index contributed by atoms with van der Waals surface area (Å²) in [6.07, 6.45) is 1.72. The number of hydrogen-bond acceptors (Lipinski definition) is 2. The Morgan fingerprint density at radius 1 is 0.926 bits per heavy atom. The quantitative estimate of drug-likeness (QED) is 0.463. The lowest BCUT2D eigenvalue weighted by Crippen LogP contribution is -2.05. The van der Waals surface area contributed by atoms with E-state index >= 15 is 0 Å². The Bertz CT molecular complexity index is 1110. The van der Waals surface area contributed by atoms with E-state index in [0.29, 0.717) is 17.8 Å². The van der Waals surface area contributed by atoms with Crippen molar-refractivity contribution >= 4 is 5.69 Å². The topological polar surface area (TPSA) is 35.1 Å². The van der Waals surface area contributed by atoms with Gasteiger partial charge in [-0.05, 0) is 29.8 Å². The average molecular weight is 354 g/mol. The fraction of sp³-hybridized carbons (Fsp3) is 0.0455. The Morgan fingerprint density at radius 2 is 1.70 bits per heavy atom. The summed E-state index contributed by atoms with van der Waals surface area (Å²) in [4.78, 5) is 7.79. The molecule has 0 radical (unpaired) electrons. The highest BCUT2D eigenvalue weighted by Gasteiger charge is 2.14. The molecule has 2 heterocycles. The maximum absolute atomic E-state index is 14.2. The molecule has 0 atom stereocenters. The molecule has 0 saturated heterocycles. The molecule has 0 bridgehead atoms. The number of halogens is 1. The smallest absolute Gasteiger partial charge is 0.187 e. The monoisotopic (exact) mass is 354 g/mol. The molecule has 130 valence electrons. The maximum Gasteiger partial charge on any atom is 0.187 e. The Morgan fingerprint density at radius 3 is 2.41 bits per heavy atom. The second kappa shape index (κ2) is 7.22. The molecule has 4 aromatic rings. The maximum atomic E-state index is 14.2. The lowest BCUT2D eigenvalue weighted by Gasteiger charge is -2.09. The van der Waals surface area contributed by atoms with Crippen LogP contribution in [0.3, 0.4) is 0 Å². The van der Waals surface area contributed by atoms with Crippen LogP contribution in [0, 0.1) is 12.4 Å². The van der Waals surface area contributed by atoms with E-state index in [-0.39, 0.29) is 5.82 Å². The van der Waals surface area contributed by atoms with Crippen LogP contribution >= 0.6 is 0 Å². The normalized spacial score (nSPS) is 10.5. The molecule has 0 fully saturated rings. The first kappa shape index (κ1) is 16.7. The Kier molecular flexibility index (Phi) is 4.46. The molecule has 5 heteroatoms. The highest BCUT2D eigenvalue weighted by molar-refractivity contribution is 5.68. The van der Waals surface area contributed by atoms with Gasteiger partial charge in [0, 0.05) is 11.8 Å². The molecule has 0 aliphatic carbocycles. The third-order valence-corrected chi connectivity index (χ3v) is 4.28. The number of hydrogen-bond donors (Lipinski definition) is 0. The Labute approximate surface area is 156 Å². The lowest BCUT2D eigenvalue weighted by molar-refractivity contribution is 0.587. The summed E-state index contributed by atoms with van der Waals surface area (Å²) in [6, 6.07) is 21.6. The van der Waals surface area contributed by atoms with Crippen molar-refractivity contribution in [2.45, 2.75) is 6.54 Å². The first-order valence-electron chi connectivity index (χ1n) is 8.45. The van der Waals surface area contributed by atoms with Crippen molar-refractivity contribution in [1.82, 2.24) is 14.8 Å². The zero-order chi connectivity index (χ0) is 18.6. The zero-order valence-electron chi connectivity index (χ0n) is 14.4. The zero-order valence-corrected chi connectivity index (χ0v) is 14.4. The average Bonchev–Trinajstić information content (AvgIpc) is 3.14. The molecule has 0 amide bonds. The van der Waals surface area contributed by atoms with E-state index in [2.05, 4.69) is 14.9 Å². The predicted molar refractivity (Wildman–Crippen MR) is 103 cm³/mol. The van der Waals surface area contributed by atoms with Gasteiger partial charge < -0.3 is 0 Å². The standard InChI is InChI=1S/C22H15FN4/c1-24-18-11-9-16(10-12-18)22-14-21(20-8-4-5-13-25-20)26-27(22)15-17-6-2-3-7-19(17)23/h2-14H,15H2. The van der Waals surface area contributed by atoms with Gasteiger partial charge >= 0.3 is 0 Å². The molecule has 0 spiro atoms. The van der Waals surface area contributed by atoms with Gasteiger partial charge in [-0.3, -0.25) is 9.67 Å². The number of nitrogens with zero attached hydrogens (tertiary/aromatic N) is 4. The minimum Gasteiger partial charge on any atom is -0.260 e. The summed E-state index contributed by atoms with van der Waals surface area (Å²) in [7, 11) is 0. The van der Waals surface area contributed by atoms with Gasteiger partial charge in [0.25, 0.3) is 0 Å². The minimum atomic E-state index is -0.262. The van der Waals surface area contributed by atoms with E-state index < -0.39 is 0 Å². The van der Waals surface area contributed by atoms with Crippen LogP contribution in [-0.2, 0) is 6.54 Å². The summed E-state index contributed by atoms with van der Waals surface area (Å²) in [6.45, 7) is 7.41. The van der Waals surface area contributed by atoms with Crippen LogP contribution in [0.25, 0.3) is 27.5 Å². The summed E-state index contributed by atoms with van der Waals surface area (Å²) in [5, 5.41) is 4.66. The first-order chi connectivity index (χ1) is 13.2. The second-order valence-electron chi connectivity index (χ2n) is 6.04. The molecular formula is C22H15FN4. The molecule has 27 heavy (non-hydrogen) atoms. The van der Waals surface area contributed by atoms with E-state index in [1.807, 2.05) is 42.5 Å². The fourth-order valence-corrected chi connectivity index (χ4v) is 2.90. The van der Waals surface area contributed by atoms with Crippen LogP contribution in [0.1, 0.15) is 5.56 Å². The highest BCUT2D eigenvalue weighted by atomic mass is 19.1. The van der Waals surface area contributed by atoms with E-state index in [4.69, 9.17) is 6.57 Å². The third kappa shape index (κ3) is 3.46. The molecule has 2 aromatic carbocycles. The van der Waals surface area contributed by atoms with Crippen molar-refractivity contribution in [3.8, 4) is 22.6 Å². The van der Waals surface area contributed by atoms with Gasteiger partial charge in [-0.1, -0.05) is 48.5 Å². The molecule has 4 rings (SSSR count). The number of rotatable bonds is 4. The number of benzene rings is 2. The van der Waals surface area contributed by atoms with Crippen LogP contribution in [0.5, 0.6) is 0 Å². The molecule has 0 unspecified atom stereocenters. The molecule has 0 aliphatic rings.